The third-order valence-corrected chi connectivity index (χ3v) is 9.35. The van der Waals surface area contributed by atoms with E-state index in [1.54, 1.807) is 40.0 Å². The van der Waals surface area contributed by atoms with Gasteiger partial charge in [0, 0.05) is 38.3 Å². The number of aromatic nitrogens is 2. The Morgan fingerprint density at radius 3 is 2.00 bits per heavy atom. The van der Waals surface area contributed by atoms with Gasteiger partial charge in [-0.05, 0) is 49.4 Å². The molecule has 326 valence electrons. The highest BCUT2D eigenvalue weighted by atomic mass is 16.3. The summed E-state index contributed by atoms with van der Waals surface area (Å²) in [6, 6.07) is 0.0438. The second-order valence-corrected chi connectivity index (χ2v) is 14.6. The number of nitrogens with zero attached hydrogens (tertiary/aromatic N) is 3. The summed E-state index contributed by atoms with van der Waals surface area (Å²) in [5, 5.41) is 26.2. The molecule has 0 unspecified atom stereocenters. The summed E-state index contributed by atoms with van der Waals surface area (Å²) < 4.78 is 0. The van der Waals surface area contributed by atoms with Crippen LogP contribution in [0, 0.1) is 11.8 Å². The van der Waals surface area contributed by atoms with Crippen LogP contribution < -0.4 is 49.1 Å². The summed E-state index contributed by atoms with van der Waals surface area (Å²) in [4.78, 5) is 105. The molecule has 59 heavy (non-hydrogen) atoms. The SMILES string of the molecule is CC[C@H](C)[C@H](NC(=O)[C@H](Cc1ccc(O)cc1)NC(=O)[C@@H](NC(=O)[C@H](CCCN=C(N)N)NC(=O)CNC)C(C)C)C(=O)N[C@@H](Cc1cnc[nH]1)C(=O)N(C)CC(N)=O. The molecule has 2 rings (SSSR count). The van der Waals surface area contributed by atoms with E-state index < -0.39 is 89.9 Å². The summed E-state index contributed by atoms with van der Waals surface area (Å²) in [5.41, 5.74) is 17.2. The van der Waals surface area contributed by atoms with Crippen molar-refractivity contribution < 1.29 is 38.7 Å². The molecule has 0 aliphatic heterocycles. The quantitative estimate of drug-likeness (QED) is 0.0276. The predicted octanol–water partition coefficient (Wildman–Crippen LogP) is -2.76. The Kier molecular flexibility index (Phi) is 20.3. The molecule has 0 bridgehead atoms. The monoisotopic (exact) mass is 827 g/mol. The number of hydrogen-bond donors (Lipinski definition) is 11. The van der Waals surface area contributed by atoms with Gasteiger partial charge in [0.1, 0.15) is 36.0 Å². The number of aromatic hydroxyl groups is 1. The van der Waals surface area contributed by atoms with Crippen LogP contribution in [0.3, 0.4) is 0 Å². The van der Waals surface area contributed by atoms with Gasteiger partial charge in [0.25, 0.3) is 0 Å². The summed E-state index contributed by atoms with van der Waals surface area (Å²) in [7, 11) is 2.94. The number of phenols is 1. The number of rotatable bonds is 25. The summed E-state index contributed by atoms with van der Waals surface area (Å²) in [6.45, 7) is 6.65. The molecule has 1 heterocycles. The number of carbonyl (C=O) groups excluding carboxylic acids is 7. The number of likely N-dealkylation sites (N-methyl/N-ethyl adjacent to an activating group) is 2. The van der Waals surface area contributed by atoms with Crippen LogP contribution in [-0.4, -0.2) is 131 Å². The first-order valence-corrected chi connectivity index (χ1v) is 19.4. The third kappa shape index (κ3) is 17.0. The summed E-state index contributed by atoms with van der Waals surface area (Å²) >= 11 is 0. The molecule has 7 amide bonds. The highest BCUT2D eigenvalue weighted by Crippen LogP contribution is 2.15. The zero-order valence-corrected chi connectivity index (χ0v) is 34.5. The van der Waals surface area contributed by atoms with Crippen molar-refractivity contribution in [3.8, 4) is 5.75 Å². The number of imidazole rings is 1. The first-order chi connectivity index (χ1) is 27.9. The Morgan fingerprint density at radius 1 is 0.831 bits per heavy atom. The van der Waals surface area contributed by atoms with Crippen LogP contribution in [-0.2, 0) is 46.4 Å². The van der Waals surface area contributed by atoms with Crippen LogP contribution in [0.25, 0.3) is 0 Å². The van der Waals surface area contributed by atoms with Gasteiger partial charge in [-0.2, -0.15) is 0 Å². The number of amides is 7. The topological polar surface area (TPSA) is 334 Å². The van der Waals surface area contributed by atoms with Gasteiger partial charge < -0.3 is 64.1 Å². The van der Waals surface area contributed by atoms with Gasteiger partial charge >= 0.3 is 0 Å². The lowest BCUT2D eigenvalue weighted by molar-refractivity contribution is -0.139. The minimum absolute atomic E-state index is 0.0208. The molecule has 0 radical (unpaired) electrons. The van der Waals surface area contributed by atoms with Crippen LogP contribution in [0.1, 0.15) is 58.2 Å². The van der Waals surface area contributed by atoms with Crippen molar-refractivity contribution in [2.24, 2.45) is 34.0 Å². The number of primary amides is 1. The smallest absolute Gasteiger partial charge is 0.245 e. The van der Waals surface area contributed by atoms with E-state index in [9.17, 15) is 38.7 Å². The van der Waals surface area contributed by atoms with Crippen LogP contribution in [0.5, 0.6) is 5.75 Å². The third-order valence-electron chi connectivity index (χ3n) is 9.35. The summed E-state index contributed by atoms with van der Waals surface area (Å²) in [5.74, 6) is -5.77. The first kappa shape index (κ1) is 48.9. The number of aliphatic imine (C=N–C) groups is 1. The van der Waals surface area contributed by atoms with E-state index in [4.69, 9.17) is 17.2 Å². The lowest BCUT2D eigenvalue weighted by atomic mass is 9.96. The van der Waals surface area contributed by atoms with Crippen LogP contribution in [0.4, 0.5) is 0 Å². The molecule has 0 aliphatic carbocycles. The van der Waals surface area contributed by atoms with Crippen LogP contribution in [0.15, 0.2) is 41.8 Å². The van der Waals surface area contributed by atoms with Crippen molar-refractivity contribution in [1.29, 1.82) is 0 Å². The second-order valence-electron chi connectivity index (χ2n) is 14.6. The lowest BCUT2D eigenvalue weighted by Gasteiger charge is -2.30. The Hall–Kier alpha value is -6.25. The van der Waals surface area contributed by atoms with E-state index in [1.807, 2.05) is 6.92 Å². The van der Waals surface area contributed by atoms with Crippen molar-refractivity contribution in [3.05, 3.63) is 48.0 Å². The molecule has 21 nitrogen and oxygen atoms in total. The van der Waals surface area contributed by atoms with E-state index in [1.165, 1.54) is 31.7 Å². The van der Waals surface area contributed by atoms with E-state index in [-0.39, 0.29) is 44.1 Å². The number of nitrogens with one attached hydrogen (secondary N) is 7. The minimum atomic E-state index is -1.31. The molecule has 0 saturated heterocycles. The van der Waals surface area contributed by atoms with Crippen molar-refractivity contribution in [3.63, 3.8) is 0 Å². The van der Waals surface area contributed by atoms with Crippen molar-refractivity contribution >= 4 is 47.3 Å². The highest BCUT2D eigenvalue weighted by Gasteiger charge is 2.35. The Balaban J connectivity index is 2.42. The zero-order chi connectivity index (χ0) is 44.2. The number of H-pyrrole nitrogens is 1. The zero-order valence-electron chi connectivity index (χ0n) is 34.5. The average molecular weight is 828 g/mol. The van der Waals surface area contributed by atoms with Gasteiger partial charge in [-0.1, -0.05) is 46.2 Å². The van der Waals surface area contributed by atoms with Crippen molar-refractivity contribution in [2.45, 2.75) is 90.0 Å². The van der Waals surface area contributed by atoms with Crippen molar-refractivity contribution in [2.75, 3.05) is 33.7 Å². The normalized spacial score (nSPS) is 14.0. The fourth-order valence-electron chi connectivity index (χ4n) is 5.92. The number of guanidine groups is 1. The van der Waals surface area contributed by atoms with E-state index >= 15 is 0 Å². The molecule has 21 heteroatoms. The lowest BCUT2D eigenvalue weighted by Crippen LogP contribution is -2.61. The summed E-state index contributed by atoms with van der Waals surface area (Å²) in [6.07, 6.45) is 3.68. The maximum atomic E-state index is 14.2. The Labute approximate surface area is 343 Å². The first-order valence-electron chi connectivity index (χ1n) is 19.4. The Morgan fingerprint density at radius 2 is 1.44 bits per heavy atom. The molecular weight excluding hydrogens is 767 g/mol. The molecule has 1 aromatic heterocycles. The van der Waals surface area contributed by atoms with E-state index in [0.717, 1.165) is 4.90 Å². The van der Waals surface area contributed by atoms with E-state index in [2.05, 4.69) is 46.9 Å². The molecule has 14 N–H and O–H groups in total. The fourth-order valence-corrected chi connectivity index (χ4v) is 5.92. The number of benzene rings is 1. The second kappa shape index (κ2) is 24.5. The van der Waals surface area contributed by atoms with Crippen LogP contribution in [0.2, 0.25) is 0 Å². The van der Waals surface area contributed by atoms with Crippen LogP contribution >= 0.6 is 0 Å². The van der Waals surface area contributed by atoms with Gasteiger partial charge in [-0.15, -0.1) is 0 Å². The molecule has 2 aromatic rings. The molecule has 0 fully saturated rings. The molecule has 0 spiro atoms. The largest absolute Gasteiger partial charge is 0.508 e. The molecule has 0 saturated carbocycles. The molecule has 0 aliphatic rings. The number of carbonyl (C=O) groups is 7. The Bertz CT molecular complexity index is 1730. The number of hydrogen-bond acceptors (Lipinski definition) is 11. The number of nitrogens with two attached hydrogens (primary N) is 3. The standard InChI is InChI=1S/C38H61N13O8/c1-7-22(4)32(36(58)48-28(16-24-17-43-20-45-24)37(59)51(6)19-29(39)53)50-34(56)27(15-23-10-12-25(52)13-11-23)47-35(57)31(21(2)3)49-33(55)26(46-30(54)18-42-5)9-8-14-44-38(40)41/h10-13,17,20-22,26-28,31-32,42,52H,7-9,14-16,18-19H2,1-6H3,(H2,39,53)(H,43,45)(H,46,54)(H,47,57)(H,48,58)(H,49,55)(H,50,56)(H4,40,41,44)/t22-,26-,27-,28-,31-,32-/m0/s1. The van der Waals surface area contributed by atoms with Gasteiger partial charge in [0.2, 0.25) is 41.4 Å². The molecule has 1 aromatic carbocycles. The molecular formula is C38H61N13O8. The highest BCUT2D eigenvalue weighted by molar-refractivity contribution is 5.97. The minimum Gasteiger partial charge on any atom is -0.508 e. The van der Waals surface area contributed by atoms with Gasteiger partial charge in [0.15, 0.2) is 5.96 Å². The fraction of sp³-hybridized carbons (Fsp3) is 0.553. The van der Waals surface area contributed by atoms with Gasteiger partial charge in [0.05, 0.1) is 19.4 Å². The maximum Gasteiger partial charge on any atom is 0.245 e. The number of aromatic amines is 1. The predicted molar refractivity (Wildman–Crippen MR) is 219 cm³/mol. The number of phenolic OH excluding ortho intramolecular Hbond substituents is 1. The maximum absolute atomic E-state index is 14.2. The molecule has 6 atom stereocenters. The van der Waals surface area contributed by atoms with Crippen molar-refractivity contribution in [1.82, 2.24) is 46.8 Å². The van der Waals surface area contributed by atoms with E-state index in [0.29, 0.717) is 24.1 Å². The van der Waals surface area contributed by atoms with Gasteiger partial charge in [-0.25, -0.2) is 4.98 Å². The van der Waals surface area contributed by atoms with Gasteiger partial charge in [-0.3, -0.25) is 38.6 Å². The average Bonchev–Trinajstić information content (AvgIpc) is 3.69.